The summed E-state index contributed by atoms with van der Waals surface area (Å²) in [7, 11) is 0. The number of hydrogen-bond acceptors (Lipinski definition) is 1. The molecule has 2 rings (SSSR count). The van der Waals surface area contributed by atoms with Crippen LogP contribution in [-0.2, 0) is 0 Å². The lowest BCUT2D eigenvalue weighted by Crippen LogP contribution is -2.26. The molecule has 0 spiro atoms. The third kappa shape index (κ3) is 0.586. The summed E-state index contributed by atoms with van der Waals surface area (Å²) in [5.41, 5.74) is 0.241. The van der Waals surface area contributed by atoms with Crippen LogP contribution in [0, 0.1) is 17.3 Å². The second-order valence-corrected chi connectivity index (χ2v) is 4.18. The zero-order chi connectivity index (χ0) is 6.65. The molecule has 1 heteroatoms. The predicted molar refractivity (Wildman–Crippen MR) is 36.0 cm³/mol. The Bertz CT molecular complexity index is 136. The van der Waals surface area contributed by atoms with Gasteiger partial charge in [-0.25, -0.2) is 0 Å². The zero-order valence-corrected chi connectivity index (χ0v) is 6.09. The normalized spacial score (nSPS) is 53.0. The predicted octanol–water partition coefficient (Wildman–Crippen LogP) is 1.41. The third-order valence-corrected chi connectivity index (χ3v) is 3.26. The van der Waals surface area contributed by atoms with Crippen LogP contribution < -0.4 is 0 Å². The van der Waals surface area contributed by atoms with Gasteiger partial charge in [0.1, 0.15) is 0 Å². The standard InChI is InChI=1S/C8H14O/c1-8(2)6-3-5(6)4-7(8)9/h5-7,9H,3-4H2,1-2H3/t5-,6-,7-/m1/s1. The molecular weight excluding hydrogens is 112 g/mol. The summed E-state index contributed by atoms with van der Waals surface area (Å²) >= 11 is 0. The molecule has 1 N–H and O–H groups in total. The average molecular weight is 126 g/mol. The largest absolute Gasteiger partial charge is 0.393 e. The average Bonchev–Trinajstić information content (AvgIpc) is 2.41. The number of hydrogen-bond donors (Lipinski definition) is 1. The maximum absolute atomic E-state index is 9.46. The van der Waals surface area contributed by atoms with Crippen molar-refractivity contribution in [2.75, 3.05) is 0 Å². The number of aliphatic hydroxyl groups excluding tert-OH is 1. The topological polar surface area (TPSA) is 20.2 Å². The molecule has 0 aromatic heterocycles. The van der Waals surface area contributed by atoms with Crippen LogP contribution in [-0.4, -0.2) is 11.2 Å². The fourth-order valence-corrected chi connectivity index (χ4v) is 2.26. The Labute approximate surface area is 56.1 Å². The van der Waals surface area contributed by atoms with E-state index in [1.54, 1.807) is 0 Å². The first kappa shape index (κ1) is 5.72. The molecule has 0 aliphatic heterocycles. The highest BCUT2D eigenvalue weighted by Crippen LogP contribution is 2.61. The Morgan fingerprint density at radius 3 is 2.22 bits per heavy atom. The van der Waals surface area contributed by atoms with Crippen LogP contribution in [0.5, 0.6) is 0 Å². The molecule has 3 atom stereocenters. The lowest BCUT2D eigenvalue weighted by atomic mass is 9.85. The maximum Gasteiger partial charge on any atom is 0.0596 e. The van der Waals surface area contributed by atoms with Crippen LogP contribution in [0.1, 0.15) is 26.7 Å². The third-order valence-electron chi connectivity index (χ3n) is 3.26. The van der Waals surface area contributed by atoms with Crippen LogP contribution in [0.4, 0.5) is 0 Å². The van der Waals surface area contributed by atoms with Crippen molar-refractivity contribution in [3.8, 4) is 0 Å². The summed E-state index contributed by atoms with van der Waals surface area (Å²) in [6.07, 6.45) is 2.43. The van der Waals surface area contributed by atoms with Crippen molar-refractivity contribution in [2.45, 2.75) is 32.8 Å². The van der Waals surface area contributed by atoms with Gasteiger partial charge in [0.25, 0.3) is 0 Å². The Kier molecular flexibility index (Phi) is 0.852. The Hall–Kier alpha value is -0.0400. The maximum atomic E-state index is 9.46. The molecule has 0 radical (unpaired) electrons. The van der Waals surface area contributed by atoms with Gasteiger partial charge in [0.2, 0.25) is 0 Å². The van der Waals surface area contributed by atoms with Crippen molar-refractivity contribution in [1.29, 1.82) is 0 Å². The second-order valence-electron chi connectivity index (χ2n) is 4.18. The monoisotopic (exact) mass is 126 g/mol. The van der Waals surface area contributed by atoms with Crippen LogP contribution in [0.25, 0.3) is 0 Å². The van der Waals surface area contributed by atoms with E-state index in [4.69, 9.17) is 0 Å². The molecule has 0 aromatic carbocycles. The number of rotatable bonds is 0. The van der Waals surface area contributed by atoms with E-state index in [0.29, 0.717) is 0 Å². The molecule has 0 unspecified atom stereocenters. The van der Waals surface area contributed by atoms with Crippen molar-refractivity contribution in [1.82, 2.24) is 0 Å². The fourth-order valence-electron chi connectivity index (χ4n) is 2.26. The molecule has 0 saturated heterocycles. The fraction of sp³-hybridized carbons (Fsp3) is 1.00. The molecule has 9 heavy (non-hydrogen) atoms. The minimum absolute atomic E-state index is 0.0127. The summed E-state index contributed by atoms with van der Waals surface area (Å²) in [6, 6.07) is 0. The quantitative estimate of drug-likeness (QED) is 0.520. The van der Waals surface area contributed by atoms with Gasteiger partial charge in [-0.2, -0.15) is 0 Å². The van der Waals surface area contributed by atoms with Gasteiger partial charge in [0, 0.05) is 0 Å². The molecule has 0 amide bonds. The lowest BCUT2D eigenvalue weighted by molar-refractivity contribution is 0.0572. The van der Waals surface area contributed by atoms with Crippen molar-refractivity contribution in [3.05, 3.63) is 0 Å². The molecular formula is C8H14O. The van der Waals surface area contributed by atoms with Crippen molar-refractivity contribution in [2.24, 2.45) is 17.3 Å². The van der Waals surface area contributed by atoms with Gasteiger partial charge < -0.3 is 5.11 Å². The van der Waals surface area contributed by atoms with Crippen molar-refractivity contribution in [3.63, 3.8) is 0 Å². The van der Waals surface area contributed by atoms with E-state index in [1.165, 1.54) is 6.42 Å². The van der Waals surface area contributed by atoms with Gasteiger partial charge in [-0.05, 0) is 30.1 Å². The summed E-state index contributed by atoms with van der Waals surface area (Å²) in [4.78, 5) is 0. The lowest BCUT2D eigenvalue weighted by Gasteiger charge is -2.25. The SMILES string of the molecule is CC1(C)[C@H](O)C[C@H]2C[C@H]21. The first-order chi connectivity index (χ1) is 4.12. The second kappa shape index (κ2) is 1.34. The van der Waals surface area contributed by atoms with Crippen LogP contribution >= 0.6 is 0 Å². The smallest absolute Gasteiger partial charge is 0.0596 e. The van der Waals surface area contributed by atoms with Crippen LogP contribution in [0.2, 0.25) is 0 Å². The van der Waals surface area contributed by atoms with E-state index in [1.807, 2.05) is 0 Å². The van der Waals surface area contributed by atoms with Crippen molar-refractivity contribution < 1.29 is 5.11 Å². The van der Waals surface area contributed by atoms with Gasteiger partial charge in [0.15, 0.2) is 0 Å². The molecule has 2 aliphatic rings. The highest BCUT2D eigenvalue weighted by atomic mass is 16.3. The first-order valence-corrected chi connectivity index (χ1v) is 3.80. The molecule has 2 fully saturated rings. The molecule has 2 saturated carbocycles. The van der Waals surface area contributed by atoms with Crippen molar-refractivity contribution >= 4 is 0 Å². The van der Waals surface area contributed by atoms with E-state index in [-0.39, 0.29) is 11.5 Å². The Balaban J connectivity index is 2.20. The van der Waals surface area contributed by atoms with Gasteiger partial charge in [-0.3, -0.25) is 0 Å². The van der Waals surface area contributed by atoms with Gasteiger partial charge in [-0.1, -0.05) is 13.8 Å². The van der Waals surface area contributed by atoms with Gasteiger partial charge >= 0.3 is 0 Å². The molecule has 52 valence electrons. The highest BCUT2D eigenvalue weighted by Gasteiger charge is 2.57. The molecule has 0 bridgehead atoms. The summed E-state index contributed by atoms with van der Waals surface area (Å²) in [5.74, 6) is 1.74. The Morgan fingerprint density at radius 1 is 1.33 bits per heavy atom. The summed E-state index contributed by atoms with van der Waals surface area (Å²) < 4.78 is 0. The Morgan fingerprint density at radius 2 is 2.00 bits per heavy atom. The number of aliphatic hydroxyl groups is 1. The minimum atomic E-state index is -0.0127. The molecule has 0 heterocycles. The summed E-state index contributed by atoms with van der Waals surface area (Å²) in [6.45, 7) is 4.38. The van der Waals surface area contributed by atoms with Gasteiger partial charge in [-0.15, -0.1) is 0 Å². The van der Waals surface area contributed by atoms with E-state index in [9.17, 15) is 5.11 Å². The highest BCUT2D eigenvalue weighted by molar-refractivity contribution is 5.07. The van der Waals surface area contributed by atoms with E-state index < -0.39 is 0 Å². The molecule has 2 aliphatic carbocycles. The molecule has 0 aromatic rings. The van der Waals surface area contributed by atoms with Crippen LogP contribution in [0.3, 0.4) is 0 Å². The number of fused-ring (bicyclic) bond motifs is 1. The zero-order valence-electron chi connectivity index (χ0n) is 6.09. The van der Waals surface area contributed by atoms with Gasteiger partial charge in [0.05, 0.1) is 6.10 Å². The minimum Gasteiger partial charge on any atom is -0.393 e. The van der Waals surface area contributed by atoms with E-state index in [2.05, 4.69) is 13.8 Å². The molecule has 1 nitrogen and oxygen atoms in total. The first-order valence-electron chi connectivity index (χ1n) is 3.80. The van der Waals surface area contributed by atoms with E-state index >= 15 is 0 Å². The van der Waals surface area contributed by atoms with Crippen LogP contribution in [0.15, 0.2) is 0 Å². The van der Waals surface area contributed by atoms with E-state index in [0.717, 1.165) is 18.3 Å². The summed E-state index contributed by atoms with van der Waals surface area (Å²) in [5, 5.41) is 9.46.